The lowest BCUT2D eigenvalue weighted by atomic mass is 10.0. The highest BCUT2D eigenvalue weighted by atomic mass is 16.6. The van der Waals surface area contributed by atoms with Gasteiger partial charge < -0.3 is 19.7 Å². The van der Waals surface area contributed by atoms with E-state index in [1.54, 1.807) is 4.90 Å². The molecule has 136 valence electrons. The van der Waals surface area contributed by atoms with E-state index in [1.165, 1.54) is 7.11 Å². The predicted molar refractivity (Wildman–Crippen MR) is 91.3 cm³/mol. The first-order valence-electron chi connectivity index (χ1n) is 8.11. The minimum Gasteiger partial charge on any atom is -0.468 e. The Morgan fingerprint density at radius 2 is 1.61 bits per heavy atom. The Hall–Kier alpha value is -1.30. The third-order valence-corrected chi connectivity index (χ3v) is 3.25. The molecule has 1 amide bonds. The van der Waals surface area contributed by atoms with Crippen LogP contribution in [0.5, 0.6) is 0 Å². The molecule has 0 aliphatic carbocycles. The molecule has 0 saturated heterocycles. The van der Waals surface area contributed by atoms with Crippen molar-refractivity contribution >= 4 is 12.1 Å². The molecule has 1 atom stereocenters. The molecular weight excluding hydrogens is 296 g/mol. The standard InChI is InChI=1S/C17H34N2O4/c1-12(2)13(14(20)22-9)18-10-11-19(16(3,4)5)15(21)23-17(6,7)8/h12-13,18H,10-11H2,1-9H3. The van der Waals surface area contributed by atoms with Gasteiger partial charge in [-0.25, -0.2) is 4.79 Å². The summed E-state index contributed by atoms with van der Waals surface area (Å²) < 4.78 is 10.3. The van der Waals surface area contributed by atoms with Gasteiger partial charge in [0.2, 0.25) is 0 Å². The van der Waals surface area contributed by atoms with Crippen LogP contribution in [0.4, 0.5) is 4.79 Å². The minimum absolute atomic E-state index is 0.104. The Bertz CT molecular complexity index is 394. The molecule has 1 N–H and O–H groups in total. The first-order valence-corrected chi connectivity index (χ1v) is 8.11. The summed E-state index contributed by atoms with van der Waals surface area (Å²) in [6.45, 7) is 16.2. The van der Waals surface area contributed by atoms with Crippen LogP contribution >= 0.6 is 0 Å². The van der Waals surface area contributed by atoms with E-state index in [0.717, 1.165) is 0 Å². The Labute approximate surface area is 140 Å². The molecule has 6 heteroatoms. The Kier molecular flexibility index (Phi) is 8.04. The number of hydrogen-bond acceptors (Lipinski definition) is 5. The second-order valence-corrected chi connectivity index (χ2v) is 8.00. The van der Waals surface area contributed by atoms with Gasteiger partial charge in [0.1, 0.15) is 11.6 Å². The monoisotopic (exact) mass is 330 g/mol. The third kappa shape index (κ3) is 8.21. The molecule has 0 aromatic heterocycles. The number of esters is 1. The Morgan fingerprint density at radius 1 is 1.09 bits per heavy atom. The van der Waals surface area contributed by atoms with Crippen molar-refractivity contribution in [2.24, 2.45) is 5.92 Å². The molecule has 1 unspecified atom stereocenters. The van der Waals surface area contributed by atoms with E-state index < -0.39 is 5.60 Å². The summed E-state index contributed by atoms with van der Waals surface area (Å²) in [6, 6.07) is -0.388. The Balaban J connectivity index is 4.81. The van der Waals surface area contributed by atoms with E-state index in [-0.39, 0.29) is 29.6 Å². The molecule has 6 nitrogen and oxygen atoms in total. The van der Waals surface area contributed by atoms with Crippen LogP contribution in [0, 0.1) is 5.92 Å². The third-order valence-electron chi connectivity index (χ3n) is 3.25. The fraction of sp³-hybridized carbons (Fsp3) is 0.882. The molecular formula is C17H34N2O4. The average molecular weight is 330 g/mol. The van der Waals surface area contributed by atoms with Crippen molar-refractivity contribution < 1.29 is 19.1 Å². The van der Waals surface area contributed by atoms with Crippen LogP contribution in [0.1, 0.15) is 55.4 Å². The largest absolute Gasteiger partial charge is 0.468 e. The van der Waals surface area contributed by atoms with Crippen molar-refractivity contribution in [1.82, 2.24) is 10.2 Å². The van der Waals surface area contributed by atoms with Crippen LogP contribution < -0.4 is 5.32 Å². The summed E-state index contributed by atoms with van der Waals surface area (Å²) in [4.78, 5) is 25.8. The number of carbonyl (C=O) groups is 2. The quantitative estimate of drug-likeness (QED) is 0.759. The van der Waals surface area contributed by atoms with Gasteiger partial charge in [-0.1, -0.05) is 13.8 Å². The first kappa shape index (κ1) is 21.7. The number of rotatable bonds is 6. The van der Waals surface area contributed by atoms with E-state index in [9.17, 15) is 9.59 Å². The number of nitrogens with zero attached hydrogens (tertiary/aromatic N) is 1. The molecule has 0 aliphatic rings. The molecule has 0 bridgehead atoms. The molecule has 0 aromatic rings. The van der Waals surface area contributed by atoms with Crippen molar-refractivity contribution in [3.63, 3.8) is 0 Å². The maximum absolute atomic E-state index is 12.4. The van der Waals surface area contributed by atoms with Crippen molar-refractivity contribution in [1.29, 1.82) is 0 Å². The number of hydrogen-bond donors (Lipinski definition) is 1. The molecule has 0 spiro atoms. The van der Waals surface area contributed by atoms with Gasteiger partial charge in [-0.05, 0) is 47.5 Å². The normalized spacial score (nSPS) is 13.7. The Morgan fingerprint density at radius 3 is 1.96 bits per heavy atom. The van der Waals surface area contributed by atoms with Crippen molar-refractivity contribution in [3.8, 4) is 0 Å². The highest BCUT2D eigenvalue weighted by Gasteiger charge is 2.31. The number of amides is 1. The van der Waals surface area contributed by atoms with Gasteiger partial charge in [0.15, 0.2) is 0 Å². The van der Waals surface area contributed by atoms with E-state index in [0.29, 0.717) is 13.1 Å². The zero-order valence-corrected chi connectivity index (χ0v) is 16.1. The van der Waals surface area contributed by atoms with Crippen LogP contribution in [-0.4, -0.2) is 54.3 Å². The smallest absolute Gasteiger partial charge is 0.410 e. The van der Waals surface area contributed by atoms with Crippen LogP contribution in [-0.2, 0) is 14.3 Å². The zero-order chi connectivity index (χ0) is 18.4. The van der Waals surface area contributed by atoms with E-state index in [4.69, 9.17) is 9.47 Å². The van der Waals surface area contributed by atoms with Gasteiger partial charge in [-0.2, -0.15) is 0 Å². The van der Waals surface area contributed by atoms with Gasteiger partial charge in [0.25, 0.3) is 0 Å². The molecule has 0 radical (unpaired) electrons. The van der Waals surface area contributed by atoms with Crippen molar-refractivity contribution in [3.05, 3.63) is 0 Å². The summed E-state index contributed by atoms with van der Waals surface area (Å²) in [5.74, 6) is -0.188. The number of carbonyl (C=O) groups excluding carboxylic acids is 2. The van der Waals surface area contributed by atoms with Gasteiger partial charge in [-0.15, -0.1) is 0 Å². The van der Waals surface area contributed by atoms with Crippen LogP contribution in [0.3, 0.4) is 0 Å². The molecule has 0 aliphatic heterocycles. The summed E-state index contributed by atoms with van der Waals surface area (Å²) in [5.41, 5.74) is -0.914. The van der Waals surface area contributed by atoms with Crippen LogP contribution in [0.2, 0.25) is 0 Å². The zero-order valence-electron chi connectivity index (χ0n) is 16.1. The molecule has 0 aromatic carbocycles. The predicted octanol–water partition coefficient (Wildman–Crippen LogP) is 2.81. The fourth-order valence-corrected chi connectivity index (χ4v) is 2.07. The average Bonchev–Trinajstić information content (AvgIpc) is 2.33. The summed E-state index contributed by atoms with van der Waals surface area (Å²) in [7, 11) is 1.38. The lowest BCUT2D eigenvalue weighted by molar-refractivity contribution is -0.144. The first-order chi connectivity index (χ1) is 10.3. The molecule has 0 saturated carbocycles. The molecule has 0 rings (SSSR count). The summed E-state index contributed by atoms with van der Waals surface area (Å²) in [5, 5.41) is 3.17. The lowest BCUT2D eigenvalue weighted by Crippen LogP contribution is -2.52. The molecule has 23 heavy (non-hydrogen) atoms. The van der Waals surface area contributed by atoms with Gasteiger partial charge in [-0.3, -0.25) is 4.79 Å². The van der Waals surface area contributed by atoms with E-state index in [1.807, 2.05) is 55.4 Å². The van der Waals surface area contributed by atoms with E-state index in [2.05, 4.69) is 5.32 Å². The van der Waals surface area contributed by atoms with Gasteiger partial charge in [0, 0.05) is 18.6 Å². The lowest BCUT2D eigenvalue weighted by Gasteiger charge is -2.37. The second-order valence-electron chi connectivity index (χ2n) is 8.00. The van der Waals surface area contributed by atoms with Crippen molar-refractivity contribution in [2.75, 3.05) is 20.2 Å². The van der Waals surface area contributed by atoms with Gasteiger partial charge >= 0.3 is 12.1 Å². The highest BCUT2D eigenvalue weighted by Crippen LogP contribution is 2.18. The summed E-state index contributed by atoms with van der Waals surface area (Å²) in [6.07, 6.45) is -0.356. The minimum atomic E-state index is -0.541. The van der Waals surface area contributed by atoms with Crippen molar-refractivity contribution in [2.45, 2.75) is 72.6 Å². The number of ether oxygens (including phenoxy) is 2. The summed E-state index contributed by atoms with van der Waals surface area (Å²) >= 11 is 0. The SMILES string of the molecule is COC(=O)C(NCCN(C(=O)OC(C)(C)C)C(C)(C)C)C(C)C. The number of nitrogens with one attached hydrogen (secondary N) is 1. The fourth-order valence-electron chi connectivity index (χ4n) is 2.07. The maximum atomic E-state index is 12.4. The number of methoxy groups -OCH3 is 1. The second kappa shape index (κ2) is 8.52. The molecule has 0 fully saturated rings. The van der Waals surface area contributed by atoms with Gasteiger partial charge in [0.05, 0.1) is 7.11 Å². The van der Waals surface area contributed by atoms with Crippen LogP contribution in [0.25, 0.3) is 0 Å². The van der Waals surface area contributed by atoms with E-state index >= 15 is 0 Å². The van der Waals surface area contributed by atoms with Crippen LogP contribution in [0.15, 0.2) is 0 Å². The molecule has 0 heterocycles. The maximum Gasteiger partial charge on any atom is 0.410 e. The topological polar surface area (TPSA) is 67.9 Å². The highest BCUT2D eigenvalue weighted by molar-refractivity contribution is 5.76.